The summed E-state index contributed by atoms with van der Waals surface area (Å²) in [5, 5.41) is 3.83. The van der Waals surface area contributed by atoms with Gasteiger partial charge in [0, 0.05) is 24.2 Å². The summed E-state index contributed by atoms with van der Waals surface area (Å²) in [6, 6.07) is 7.82. The van der Waals surface area contributed by atoms with E-state index in [9.17, 15) is 4.39 Å². The third-order valence-corrected chi connectivity index (χ3v) is 3.97. The fourth-order valence-corrected chi connectivity index (χ4v) is 2.68. The molecule has 0 spiro atoms. The van der Waals surface area contributed by atoms with Crippen molar-refractivity contribution in [2.45, 2.75) is 13.0 Å². The van der Waals surface area contributed by atoms with E-state index in [1.54, 1.807) is 25.3 Å². The van der Waals surface area contributed by atoms with E-state index in [1.807, 2.05) is 6.92 Å². The predicted octanol–water partition coefficient (Wildman–Crippen LogP) is 4.16. The molecule has 26 heavy (non-hydrogen) atoms. The van der Waals surface area contributed by atoms with Gasteiger partial charge in [0.15, 0.2) is 0 Å². The monoisotopic (exact) mass is 376 g/mol. The van der Waals surface area contributed by atoms with Crippen LogP contribution in [0.2, 0.25) is 5.02 Å². The van der Waals surface area contributed by atoms with Crippen LogP contribution in [-0.4, -0.2) is 29.8 Å². The van der Waals surface area contributed by atoms with Gasteiger partial charge in [0.05, 0.1) is 22.8 Å². The van der Waals surface area contributed by atoms with E-state index in [-0.39, 0.29) is 11.1 Å². The van der Waals surface area contributed by atoms with Crippen LogP contribution in [0.5, 0.6) is 5.75 Å². The van der Waals surface area contributed by atoms with Gasteiger partial charge in [0.2, 0.25) is 0 Å². The van der Waals surface area contributed by atoms with Crippen molar-refractivity contribution in [3.63, 3.8) is 0 Å². The first-order valence-electron chi connectivity index (χ1n) is 7.90. The summed E-state index contributed by atoms with van der Waals surface area (Å²) < 4.78 is 24.2. The zero-order chi connectivity index (χ0) is 18.7. The van der Waals surface area contributed by atoms with E-state index in [1.165, 1.54) is 18.5 Å². The number of nitrogens with one attached hydrogen (secondary N) is 1. The Morgan fingerprint density at radius 2 is 2.08 bits per heavy atom. The van der Waals surface area contributed by atoms with Gasteiger partial charge in [-0.1, -0.05) is 11.6 Å². The molecule has 0 aliphatic rings. The number of benzene rings is 2. The van der Waals surface area contributed by atoms with E-state index in [0.29, 0.717) is 40.5 Å². The summed E-state index contributed by atoms with van der Waals surface area (Å²) >= 11 is 5.82. The van der Waals surface area contributed by atoms with Gasteiger partial charge < -0.3 is 20.5 Å². The molecule has 0 aliphatic heterocycles. The molecule has 1 aromatic heterocycles. The van der Waals surface area contributed by atoms with Crippen molar-refractivity contribution in [1.82, 2.24) is 9.97 Å². The number of nitrogens with two attached hydrogens (primary N) is 1. The zero-order valence-electron chi connectivity index (χ0n) is 14.3. The van der Waals surface area contributed by atoms with E-state index in [4.69, 9.17) is 26.8 Å². The van der Waals surface area contributed by atoms with Crippen molar-refractivity contribution in [1.29, 1.82) is 0 Å². The maximum absolute atomic E-state index is 13.3. The molecule has 0 saturated heterocycles. The Kier molecular flexibility index (Phi) is 5.39. The van der Waals surface area contributed by atoms with E-state index < -0.39 is 5.82 Å². The van der Waals surface area contributed by atoms with Gasteiger partial charge in [-0.3, -0.25) is 0 Å². The normalized spacial score (nSPS) is 12.2. The molecule has 0 amide bonds. The van der Waals surface area contributed by atoms with Crippen molar-refractivity contribution in [3.8, 4) is 5.75 Å². The molecule has 0 bridgehead atoms. The summed E-state index contributed by atoms with van der Waals surface area (Å²) in [5.41, 5.74) is 7.83. The number of aromatic nitrogens is 2. The number of hydrogen-bond donors (Lipinski definition) is 2. The van der Waals surface area contributed by atoms with Gasteiger partial charge in [-0.25, -0.2) is 14.4 Å². The molecular weight excluding hydrogens is 359 g/mol. The Labute approximate surface area is 155 Å². The quantitative estimate of drug-likeness (QED) is 0.628. The summed E-state index contributed by atoms with van der Waals surface area (Å²) in [6.07, 6.45) is 1.27. The van der Waals surface area contributed by atoms with Crippen LogP contribution >= 0.6 is 11.6 Å². The van der Waals surface area contributed by atoms with Crippen LogP contribution in [0, 0.1) is 5.82 Å². The minimum absolute atomic E-state index is 0.0238. The summed E-state index contributed by atoms with van der Waals surface area (Å²) in [4.78, 5) is 8.51. The molecule has 3 rings (SSSR count). The van der Waals surface area contributed by atoms with Gasteiger partial charge in [0.1, 0.15) is 29.8 Å². The maximum Gasteiger partial charge on any atom is 0.144 e. The minimum atomic E-state index is -0.485. The number of nitrogens with zero attached hydrogens (tertiary/aromatic N) is 2. The van der Waals surface area contributed by atoms with Crippen LogP contribution in [0.3, 0.4) is 0 Å². The number of methoxy groups -OCH3 is 1. The molecule has 136 valence electrons. The van der Waals surface area contributed by atoms with E-state index in [0.717, 1.165) is 0 Å². The molecule has 8 heteroatoms. The van der Waals surface area contributed by atoms with E-state index in [2.05, 4.69) is 15.3 Å². The van der Waals surface area contributed by atoms with Crippen LogP contribution in [0.4, 0.5) is 21.6 Å². The summed E-state index contributed by atoms with van der Waals surface area (Å²) in [7, 11) is 1.61. The summed E-state index contributed by atoms with van der Waals surface area (Å²) in [6.45, 7) is 2.33. The second-order valence-corrected chi connectivity index (χ2v) is 6.17. The molecule has 0 fully saturated rings. The molecule has 1 heterocycles. The third-order valence-electron chi connectivity index (χ3n) is 3.68. The van der Waals surface area contributed by atoms with Gasteiger partial charge in [-0.15, -0.1) is 0 Å². The number of ether oxygens (including phenoxy) is 2. The lowest BCUT2D eigenvalue weighted by Gasteiger charge is -2.16. The third kappa shape index (κ3) is 3.95. The Bertz CT molecular complexity index is 938. The Balaban J connectivity index is 1.94. The minimum Gasteiger partial charge on any atom is -0.486 e. The van der Waals surface area contributed by atoms with E-state index >= 15 is 0 Å². The lowest BCUT2D eigenvalue weighted by molar-refractivity contribution is 0.0926. The van der Waals surface area contributed by atoms with Gasteiger partial charge >= 0.3 is 0 Å². The molecule has 3 aromatic rings. The standard InChI is InChI=1S/C18H18ClFN4O2/c1-10(8-25-2)26-17-7-16-12(6-15(17)21)18(23-9-22-16)24-11-3-4-14(20)13(19)5-11/h3-7,9-10H,8,21H2,1-2H3,(H,22,23,24). The molecule has 2 aromatic carbocycles. The van der Waals surface area contributed by atoms with Crippen LogP contribution < -0.4 is 15.8 Å². The lowest BCUT2D eigenvalue weighted by Crippen LogP contribution is -2.18. The zero-order valence-corrected chi connectivity index (χ0v) is 15.0. The van der Waals surface area contributed by atoms with Crippen LogP contribution in [-0.2, 0) is 4.74 Å². The van der Waals surface area contributed by atoms with Crippen LogP contribution in [0.15, 0.2) is 36.7 Å². The SMILES string of the molecule is COCC(C)Oc1cc2ncnc(Nc3ccc(F)c(Cl)c3)c2cc1N. The number of hydrogen-bond acceptors (Lipinski definition) is 6. The van der Waals surface area contributed by atoms with Gasteiger partial charge in [-0.05, 0) is 31.2 Å². The van der Waals surface area contributed by atoms with Crippen molar-refractivity contribution in [2.75, 3.05) is 24.8 Å². The molecular formula is C18H18ClFN4O2. The number of fused-ring (bicyclic) bond motifs is 1. The second-order valence-electron chi connectivity index (χ2n) is 5.77. The first-order valence-corrected chi connectivity index (χ1v) is 8.27. The maximum atomic E-state index is 13.3. The average Bonchev–Trinajstić information content (AvgIpc) is 2.60. The Morgan fingerprint density at radius 1 is 1.27 bits per heavy atom. The summed E-state index contributed by atoms with van der Waals surface area (Å²) in [5.74, 6) is 0.568. The molecule has 0 radical (unpaired) electrons. The fourth-order valence-electron chi connectivity index (χ4n) is 2.50. The number of rotatable bonds is 6. The first kappa shape index (κ1) is 18.2. The second kappa shape index (κ2) is 7.72. The Morgan fingerprint density at radius 3 is 2.81 bits per heavy atom. The van der Waals surface area contributed by atoms with Crippen LogP contribution in [0.25, 0.3) is 10.9 Å². The van der Waals surface area contributed by atoms with Crippen molar-refractivity contribution < 1.29 is 13.9 Å². The first-order chi connectivity index (χ1) is 12.5. The molecule has 6 nitrogen and oxygen atoms in total. The lowest BCUT2D eigenvalue weighted by atomic mass is 10.2. The van der Waals surface area contributed by atoms with Crippen molar-refractivity contribution >= 4 is 39.7 Å². The molecule has 0 saturated carbocycles. The smallest absolute Gasteiger partial charge is 0.144 e. The highest BCUT2D eigenvalue weighted by molar-refractivity contribution is 6.31. The highest BCUT2D eigenvalue weighted by Gasteiger charge is 2.12. The van der Waals surface area contributed by atoms with Crippen LogP contribution in [0.1, 0.15) is 6.92 Å². The molecule has 1 atom stereocenters. The van der Waals surface area contributed by atoms with Crippen molar-refractivity contribution in [2.24, 2.45) is 0 Å². The molecule has 3 N–H and O–H groups in total. The topological polar surface area (TPSA) is 82.3 Å². The highest BCUT2D eigenvalue weighted by Crippen LogP contribution is 2.32. The Hall–Kier alpha value is -2.64. The predicted molar refractivity (Wildman–Crippen MR) is 101 cm³/mol. The van der Waals surface area contributed by atoms with Gasteiger partial charge in [0.25, 0.3) is 0 Å². The molecule has 0 aliphatic carbocycles. The van der Waals surface area contributed by atoms with Crippen molar-refractivity contribution in [3.05, 3.63) is 47.5 Å². The molecule has 1 unspecified atom stereocenters. The number of halogens is 2. The number of anilines is 3. The largest absolute Gasteiger partial charge is 0.486 e. The van der Waals surface area contributed by atoms with Gasteiger partial charge in [-0.2, -0.15) is 0 Å². The fraction of sp³-hybridized carbons (Fsp3) is 0.222. The number of nitrogen functional groups attached to an aromatic ring is 1. The highest BCUT2D eigenvalue weighted by atomic mass is 35.5. The average molecular weight is 377 g/mol.